The van der Waals surface area contributed by atoms with E-state index in [0.29, 0.717) is 0 Å². The first-order valence-electron chi connectivity index (χ1n) is 6.67. The van der Waals surface area contributed by atoms with Gasteiger partial charge in [0.2, 0.25) is 6.10 Å². The summed E-state index contributed by atoms with van der Waals surface area (Å²) in [6.07, 6.45) is -3.14. The smallest absolute Gasteiger partial charge is 0.441 e. The molecule has 25 heavy (non-hydrogen) atoms. The first-order chi connectivity index (χ1) is 11.1. The van der Waals surface area contributed by atoms with Crippen LogP contribution in [-0.4, -0.2) is 24.2 Å². The molecule has 0 spiro atoms. The largest absolute Gasteiger partial charge is 0.457 e. The molecule has 0 aliphatic heterocycles. The van der Waals surface area contributed by atoms with Crippen molar-refractivity contribution in [1.29, 1.82) is 0 Å². The maximum Gasteiger partial charge on any atom is 0.457 e. The van der Waals surface area contributed by atoms with E-state index in [0.717, 1.165) is 0 Å². The lowest BCUT2D eigenvalue weighted by molar-refractivity contribution is -0.259. The summed E-state index contributed by atoms with van der Waals surface area (Å²) in [7, 11) is 0. The number of halogens is 8. The highest BCUT2D eigenvalue weighted by Gasteiger charge is 2.62. The average molecular weight is 409 g/mol. The Kier molecular flexibility index (Phi) is 6.18. The lowest BCUT2D eigenvalue weighted by atomic mass is 10.1. The van der Waals surface area contributed by atoms with Gasteiger partial charge in [0.1, 0.15) is 4.49 Å². The van der Waals surface area contributed by atoms with Gasteiger partial charge in [-0.3, -0.25) is 4.79 Å². The molecule has 1 saturated carbocycles. The summed E-state index contributed by atoms with van der Waals surface area (Å²) in [4.78, 5) is 12.0. The Morgan fingerprint density at radius 3 is 2.20 bits per heavy atom. The minimum absolute atomic E-state index is 0.127. The molecule has 1 rings (SSSR count). The van der Waals surface area contributed by atoms with E-state index in [-0.39, 0.29) is 4.49 Å². The van der Waals surface area contributed by atoms with Crippen LogP contribution in [0.3, 0.4) is 0 Å². The highest BCUT2D eigenvalue weighted by molar-refractivity contribution is 6.55. The molecule has 3 atom stereocenters. The predicted molar refractivity (Wildman–Crippen MR) is 79.5 cm³/mol. The second kappa shape index (κ2) is 7.12. The molecule has 140 valence electrons. The Morgan fingerprint density at radius 1 is 1.28 bits per heavy atom. The maximum atomic E-state index is 13.6. The van der Waals surface area contributed by atoms with E-state index in [4.69, 9.17) is 29.6 Å². The van der Waals surface area contributed by atoms with Gasteiger partial charge in [-0.2, -0.15) is 22.0 Å². The van der Waals surface area contributed by atoms with Crippen molar-refractivity contribution in [2.75, 3.05) is 0 Å². The van der Waals surface area contributed by atoms with Crippen molar-refractivity contribution >= 4 is 29.2 Å². The Morgan fingerprint density at radius 2 is 1.80 bits per heavy atom. The van der Waals surface area contributed by atoms with Crippen LogP contribution in [0.4, 0.5) is 26.3 Å². The zero-order valence-electron chi connectivity index (χ0n) is 12.8. The molecular weight excluding hydrogens is 397 g/mol. The third kappa shape index (κ3) is 4.85. The van der Waals surface area contributed by atoms with Gasteiger partial charge in [0, 0.05) is 6.08 Å². The lowest BCUT2D eigenvalue weighted by Crippen LogP contribution is -2.35. The second-order valence-corrected chi connectivity index (χ2v) is 6.92. The quantitative estimate of drug-likeness (QED) is 0.356. The van der Waals surface area contributed by atoms with Crippen LogP contribution in [0.25, 0.3) is 0 Å². The van der Waals surface area contributed by atoms with Crippen LogP contribution >= 0.6 is 23.2 Å². The molecule has 0 amide bonds. The molecule has 10 heteroatoms. The van der Waals surface area contributed by atoms with E-state index >= 15 is 0 Å². The maximum absolute atomic E-state index is 13.6. The SMILES string of the molecule is C#CC(OC(=O)C1C(C=C(Cl)Cl)C1(C)C)/C(F)=C/C(F)(F)C(F)(F)F. The number of alkyl halides is 5. The zero-order valence-corrected chi connectivity index (χ0v) is 14.3. The van der Waals surface area contributed by atoms with Crippen molar-refractivity contribution in [2.24, 2.45) is 17.3 Å². The van der Waals surface area contributed by atoms with Crippen molar-refractivity contribution in [3.8, 4) is 12.3 Å². The summed E-state index contributed by atoms with van der Waals surface area (Å²) in [5, 5.41) is 0. The molecule has 1 aliphatic rings. The summed E-state index contributed by atoms with van der Waals surface area (Å²) >= 11 is 11.0. The monoisotopic (exact) mass is 408 g/mol. The third-order valence-electron chi connectivity index (χ3n) is 3.80. The van der Waals surface area contributed by atoms with Crippen LogP contribution in [0, 0.1) is 29.6 Å². The molecule has 0 bridgehead atoms. The first kappa shape index (κ1) is 21.7. The number of carbonyl (C=O) groups is 1. The number of rotatable bonds is 5. The van der Waals surface area contributed by atoms with Crippen LogP contribution in [0.5, 0.6) is 0 Å². The summed E-state index contributed by atoms with van der Waals surface area (Å²) in [5.41, 5.74) is -0.679. The van der Waals surface area contributed by atoms with Gasteiger partial charge in [-0.25, -0.2) is 4.39 Å². The van der Waals surface area contributed by atoms with E-state index in [1.165, 1.54) is 12.0 Å². The number of hydrogen-bond donors (Lipinski definition) is 0. The molecule has 0 aromatic rings. The molecule has 2 nitrogen and oxygen atoms in total. The highest BCUT2D eigenvalue weighted by Crippen LogP contribution is 2.60. The van der Waals surface area contributed by atoms with Crippen LogP contribution < -0.4 is 0 Å². The first-order valence-corrected chi connectivity index (χ1v) is 7.43. The minimum Gasteiger partial charge on any atom is -0.441 e. The Labute approximate surface area is 149 Å². The van der Waals surface area contributed by atoms with E-state index in [1.54, 1.807) is 13.8 Å². The van der Waals surface area contributed by atoms with Crippen molar-refractivity contribution in [3.05, 3.63) is 22.5 Å². The summed E-state index contributed by atoms with van der Waals surface area (Å²) in [6, 6.07) is 0. The van der Waals surface area contributed by atoms with Crippen LogP contribution in [-0.2, 0) is 9.53 Å². The Bertz CT molecular complexity index is 641. The minimum atomic E-state index is -6.01. The molecule has 0 heterocycles. The fourth-order valence-electron chi connectivity index (χ4n) is 2.26. The number of allylic oxidation sites excluding steroid dienone is 2. The lowest BCUT2D eigenvalue weighted by Gasteiger charge is -2.17. The van der Waals surface area contributed by atoms with Crippen LogP contribution in [0.2, 0.25) is 0 Å². The fourth-order valence-corrected chi connectivity index (χ4v) is 2.54. The molecule has 1 fully saturated rings. The average Bonchev–Trinajstić information content (AvgIpc) is 2.94. The molecule has 1 aliphatic carbocycles. The molecule has 0 aromatic heterocycles. The number of terminal acetylenes is 1. The number of carbonyl (C=O) groups excluding carboxylic acids is 1. The van der Waals surface area contributed by atoms with Gasteiger partial charge in [0.25, 0.3) is 0 Å². The Balaban J connectivity index is 2.92. The van der Waals surface area contributed by atoms with Gasteiger partial charge < -0.3 is 4.74 Å². The zero-order chi connectivity index (χ0) is 19.8. The summed E-state index contributed by atoms with van der Waals surface area (Å²) in [5.74, 6) is -8.45. The fraction of sp³-hybridized carbons (Fsp3) is 0.533. The normalized spacial score (nSPS) is 24.1. The highest BCUT2D eigenvalue weighted by atomic mass is 35.5. The predicted octanol–water partition coefficient (Wildman–Crippen LogP) is 5.17. The van der Waals surface area contributed by atoms with Crippen molar-refractivity contribution in [2.45, 2.75) is 32.1 Å². The van der Waals surface area contributed by atoms with E-state index in [1.807, 2.05) is 0 Å². The molecule has 3 unspecified atom stereocenters. The van der Waals surface area contributed by atoms with Gasteiger partial charge >= 0.3 is 18.1 Å². The van der Waals surface area contributed by atoms with Crippen molar-refractivity contribution in [3.63, 3.8) is 0 Å². The van der Waals surface area contributed by atoms with Gasteiger partial charge in [-0.05, 0) is 17.4 Å². The Hall–Kier alpha value is -1.33. The number of ether oxygens (including phenoxy) is 1. The topological polar surface area (TPSA) is 26.3 Å². The second-order valence-electron chi connectivity index (χ2n) is 5.91. The van der Waals surface area contributed by atoms with Crippen LogP contribution in [0.15, 0.2) is 22.5 Å². The standard InChI is InChI=1S/C15H12Cl2F6O2/c1-4-9(8(18)6-14(19,20)15(21,22)23)25-12(24)11-7(5-10(16)17)13(11,2)3/h1,5-7,9,11H,2-3H3/b8-6-. The third-order valence-corrected chi connectivity index (χ3v) is 4.06. The molecule has 0 aromatic carbocycles. The van der Waals surface area contributed by atoms with Gasteiger partial charge in [0.05, 0.1) is 5.92 Å². The van der Waals surface area contributed by atoms with Crippen LogP contribution in [0.1, 0.15) is 13.8 Å². The number of esters is 1. The van der Waals surface area contributed by atoms with E-state index < -0.39 is 53.3 Å². The molecule has 0 saturated heterocycles. The molecule has 0 radical (unpaired) electrons. The van der Waals surface area contributed by atoms with Crippen molar-refractivity contribution in [1.82, 2.24) is 0 Å². The van der Waals surface area contributed by atoms with Crippen molar-refractivity contribution < 1.29 is 35.9 Å². The van der Waals surface area contributed by atoms with Gasteiger partial charge in [0.15, 0.2) is 5.83 Å². The van der Waals surface area contributed by atoms with Gasteiger partial charge in [-0.1, -0.05) is 43.0 Å². The molecular formula is C15H12Cl2F6O2. The van der Waals surface area contributed by atoms with E-state index in [9.17, 15) is 31.1 Å². The summed E-state index contributed by atoms with van der Waals surface area (Å²) < 4.78 is 80.0. The van der Waals surface area contributed by atoms with Gasteiger partial charge in [-0.15, -0.1) is 6.42 Å². The van der Waals surface area contributed by atoms with E-state index in [2.05, 4.69) is 4.74 Å². The summed E-state index contributed by atoms with van der Waals surface area (Å²) in [6.45, 7) is 3.26. The molecule has 0 N–H and O–H groups in total. The number of hydrogen-bond acceptors (Lipinski definition) is 2.